The highest BCUT2D eigenvalue weighted by Gasteiger charge is 2.19. The Labute approximate surface area is 190 Å². The first-order valence-electron chi connectivity index (χ1n) is 9.73. The zero-order chi connectivity index (χ0) is 22.7. The van der Waals surface area contributed by atoms with Gasteiger partial charge in [0.1, 0.15) is 5.01 Å². The molecule has 0 aliphatic heterocycles. The number of hydrogen-bond donors (Lipinski definition) is 2. The summed E-state index contributed by atoms with van der Waals surface area (Å²) in [5.41, 5.74) is 3.06. The maximum absolute atomic E-state index is 12.9. The summed E-state index contributed by atoms with van der Waals surface area (Å²) in [6, 6.07) is 21.0. The molecule has 0 aliphatic carbocycles. The third-order valence-corrected chi connectivity index (χ3v) is 7.09. The molecule has 0 aliphatic rings. The van der Waals surface area contributed by atoms with Crippen LogP contribution in [0.5, 0.6) is 0 Å². The lowest BCUT2D eigenvalue weighted by Crippen LogP contribution is -2.17. The molecule has 0 bridgehead atoms. The highest BCUT2D eigenvalue weighted by atomic mass is 32.2. The number of nitrogens with one attached hydrogen (secondary N) is 2. The standard InChI is InChI=1S/C23H20N4O3S2/c1-15-11-13-18(14-12-15)32(29,30)27-20-10-6-9-19(16(20)2)21(28)24-23-26-25-22(31-23)17-7-4-3-5-8-17/h3-14,27H,1-2H3,(H,24,26,28). The van der Waals surface area contributed by atoms with E-state index in [1.54, 1.807) is 49.4 Å². The molecule has 7 nitrogen and oxygen atoms in total. The molecule has 3 aromatic carbocycles. The van der Waals surface area contributed by atoms with Crippen LogP contribution in [0.3, 0.4) is 0 Å². The maximum atomic E-state index is 12.9. The molecular weight excluding hydrogens is 444 g/mol. The quantitative estimate of drug-likeness (QED) is 0.424. The number of aromatic nitrogens is 2. The van der Waals surface area contributed by atoms with Gasteiger partial charge in [-0.2, -0.15) is 0 Å². The molecule has 0 fully saturated rings. The van der Waals surface area contributed by atoms with Crippen LogP contribution >= 0.6 is 11.3 Å². The van der Waals surface area contributed by atoms with Crippen LogP contribution in [0.1, 0.15) is 21.5 Å². The molecule has 1 amide bonds. The summed E-state index contributed by atoms with van der Waals surface area (Å²) >= 11 is 1.26. The van der Waals surface area contributed by atoms with Gasteiger partial charge >= 0.3 is 0 Å². The highest BCUT2D eigenvalue weighted by molar-refractivity contribution is 7.92. The number of benzene rings is 3. The fourth-order valence-corrected chi connectivity index (χ4v) is 4.92. The van der Waals surface area contributed by atoms with Gasteiger partial charge in [0.2, 0.25) is 5.13 Å². The number of sulfonamides is 1. The highest BCUT2D eigenvalue weighted by Crippen LogP contribution is 2.27. The van der Waals surface area contributed by atoms with Crippen molar-refractivity contribution in [2.24, 2.45) is 0 Å². The van der Waals surface area contributed by atoms with Gasteiger partial charge in [0, 0.05) is 11.1 Å². The SMILES string of the molecule is Cc1ccc(S(=O)(=O)Nc2cccc(C(=O)Nc3nnc(-c4ccccc4)s3)c2C)cc1. The van der Waals surface area contributed by atoms with Gasteiger partial charge in [-0.3, -0.25) is 14.8 Å². The number of anilines is 2. The van der Waals surface area contributed by atoms with E-state index in [-0.39, 0.29) is 4.90 Å². The summed E-state index contributed by atoms with van der Waals surface area (Å²) in [5, 5.41) is 12.0. The van der Waals surface area contributed by atoms with Crippen LogP contribution in [0.15, 0.2) is 77.7 Å². The summed E-state index contributed by atoms with van der Waals surface area (Å²) in [7, 11) is -3.78. The van der Waals surface area contributed by atoms with Crippen LogP contribution in [-0.2, 0) is 10.0 Å². The average molecular weight is 465 g/mol. The van der Waals surface area contributed by atoms with E-state index in [1.807, 2.05) is 37.3 Å². The van der Waals surface area contributed by atoms with E-state index in [1.165, 1.54) is 11.3 Å². The second-order valence-corrected chi connectivity index (χ2v) is 9.79. The van der Waals surface area contributed by atoms with Crippen LogP contribution in [-0.4, -0.2) is 24.5 Å². The van der Waals surface area contributed by atoms with Crippen molar-refractivity contribution >= 4 is 38.1 Å². The van der Waals surface area contributed by atoms with E-state index >= 15 is 0 Å². The largest absolute Gasteiger partial charge is 0.296 e. The Morgan fingerprint density at radius 1 is 0.875 bits per heavy atom. The fraction of sp³-hybridized carbons (Fsp3) is 0.0870. The summed E-state index contributed by atoms with van der Waals surface area (Å²) < 4.78 is 28.1. The second-order valence-electron chi connectivity index (χ2n) is 7.13. The molecule has 2 N–H and O–H groups in total. The minimum absolute atomic E-state index is 0.152. The molecule has 1 aromatic heterocycles. The zero-order valence-electron chi connectivity index (χ0n) is 17.4. The lowest BCUT2D eigenvalue weighted by atomic mass is 10.1. The van der Waals surface area contributed by atoms with E-state index in [0.29, 0.717) is 27.0 Å². The first-order valence-corrected chi connectivity index (χ1v) is 12.0. The predicted molar refractivity (Wildman–Crippen MR) is 126 cm³/mol. The van der Waals surface area contributed by atoms with Crippen molar-refractivity contribution in [1.29, 1.82) is 0 Å². The van der Waals surface area contributed by atoms with Crippen molar-refractivity contribution in [2.75, 3.05) is 10.0 Å². The summed E-state index contributed by atoms with van der Waals surface area (Å²) in [4.78, 5) is 13.0. The number of aryl methyl sites for hydroxylation is 1. The Kier molecular flexibility index (Phi) is 6.02. The van der Waals surface area contributed by atoms with Crippen LogP contribution in [0.4, 0.5) is 10.8 Å². The van der Waals surface area contributed by atoms with Crippen molar-refractivity contribution in [2.45, 2.75) is 18.7 Å². The van der Waals surface area contributed by atoms with Crippen molar-refractivity contribution in [1.82, 2.24) is 10.2 Å². The van der Waals surface area contributed by atoms with E-state index < -0.39 is 15.9 Å². The molecule has 9 heteroatoms. The third kappa shape index (κ3) is 4.68. The van der Waals surface area contributed by atoms with Gasteiger partial charge in [0.05, 0.1) is 10.6 Å². The van der Waals surface area contributed by atoms with Gasteiger partial charge in [-0.1, -0.05) is 65.4 Å². The van der Waals surface area contributed by atoms with Crippen LogP contribution in [0, 0.1) is 13.8 Å². The van der Waals surface area contributed by atoms with Gasteiger partial charge in [0.15, 0.2) is 0 Å². The second kappa shape index (κ2) is 8.89. The molecule has 0 unspecified atom stereocenters. The molecule has 0 radical (unpaired) electrons. The molecule has 1 heterocycles. The van der Waals surface area contributed by atoms with Crippen molar-refractivity contribution in [3.63, 3.8) is 0 Å². The van der Waals surface area contributed by atoms with Crippen LogP contribution < -0.4 is 10.0 Å². The van der Waals surface area contributed by atoms with E-state index in [0.717, 1.165) is 11.1 Å². The van der Waals surface area contributed by atoms with Crippen molar-refractivity contribution < 1.29 is 13.2 Å². The number of carbonyl (C=O) groups excluding carboxylic acids is 1. The topological polar surface area (TPSA) is 101 Å². The Balaban J connectivity index is 1.54. The molecular formula is C23H20N4O3S2. The Morgan fingerprint density at radius 2 is 1.59 bits per heavy atom. The molecule has 0 saturated heterocycles. The number of rotatable bonds is 6. The van der Waals surface area contributed by atoms with E-state index in [4.69, 9.17) is 0 Å². The van der Waals surface area contributed by atoms with Gasteiger partial charge in [-0.25, -0.2) is 8.42 Å². The lowest BCUT2D eigenvalue weighted by Gasteiger charge is -2.13. The minimum atomic E-state index is -3.78. The van der Waals surface area contributed by atoms with E-state index in [9.17, 15) is 13.2 Å². The maximum Gasteiger partial charge on any atom is 0.261 e. The Morgan fingerprint density at radius 3 is 2.31 bits per heavy atom. The smallest absolute Gasteiger partial charge is 0.261 e. The normalized spacial score (nSPS) is 11.2. The number of hydrogen-bond acceptors (Lipinski definition) is 6. The van der Waals surface area contributed by atoms with Gasteiger partial charge in [-0.15, -0.1) is 10.2 Å². The van der Waals surface area contributed by atoms with Crippen molar-refractivity contribution in [3.8, 4) is 10.6 Å². The summed E-state index contributed by atoms with van der Waals surface area (Å²) in [6.07, 6.45) is 0. The first-order chi connectivity index (χ1) is 15.3. The lowest BCUT2D eigenvalue weighted by molar-refractivity contribution is 0.102. The third-order valence-electron chi connectivity index (χ3n) is 4.82. The number of amides is 1. The summed E-state index contributed by atoms with van der Waals surface area (Å²) in [6.45, 7) is 3.58. The Hall–Kier alpha value is -3.56. The Bertz CT molecular complexity index is 1370. The first kappa shape index (κ1) is 21.7. The predicted octanol–water partition coefficient (Wildman–Crippen LogP) is 4.88. The molecule has 0 saturated carbocycles. The van der Waals surface area contributed by atoms with Crippen molar-refractivity contribution in [3.05, 3.63) is 89.5 Å². The molecule has 0 spiro atoms. The molecule has 0 atom stereocenters. The number of nitrogens with zero attached hydrogens (tertiary/aromatic N) is 2. The fourth-order valence-electron chi connectivity index (χ4n) is 3.05. The van der Waals surface area contributed by atoms with Gasteiger partial charge in [0.25, 0.3) is 15.9 Å². The molecule has 4 aromatic rings. The number of carbonyl (C=O) groups is 1. The zero-order valence-corrected chi connectivity index (χ0v) is 19.0. The molecule has 162 valence electrons. The average Bonchev–Trinajstić information content (AvgIpc) is 3.24. The van der Waals surface area contributed by atoms with Crippen LogP contribution in [0.2, 0.25) is 0 Å². The van der Waals surface area contributed by atoms with E-state index in [2.05, 4.69) is 20.2 Å². The molecule has 32 heavy (non-hydrogen) atoms. The monoisotopic (exact) mass is 464 g/mol. The summed E-state index contributed by atoms with van der Waals surface area (Å²) in [5.74, 6) is -0.394. The minimum Gasteiger partial charge on any atom is -0.296 e. The molecule has 4 rings (SSSR count). The van der Waals surface area contributed by atoms with Gasteiger partial charge < -0.3 is 0 Å². The van der Waals surface area contributed by atoms with Crippen LogP contribution in [0.25, 0.3) is 10.6 Å². The van der Waals surface area contributed by atoms with Gasteiger partial charge in [-0.05, 0) is 43.7 Å².